The fraction of sp³-hybridized carbons (Fsp3) is 0.300. The first-order valence-electron chi connectivity index (χ1n) is 9.04. The second-order valence-electron chi connectivity index (χ2n) is 6.20. The lowest BCUT2D eigenvalue weighted by Gasteiger charge is -2.21. The summed E-state index contributed by atoms with van der Waals surface area (Å²) in [5, 5.41) is 11.9. The molecule has 1 heterocycles. The zero-order chi connectivity index (χ0) is 19.8. The highest BCUT2D eigenvalue weighted by molar-refractivity contribution is 7.99. The molecule has 8 heteroatoms. The third kappa shape index (κ3) is 5.56. The first kappa shape index (κ1) is 19.9. The number of nitrogens with zero attached hydrogens (tertiary/aromatic N) is 5. The van der Waals surface area contributed by atoms with Crippen molar-refractivity contribution in [1.82, 2.24) is 25.1 Å². The van der Waals surface area contributed by atoms with Crippen molar-refractivity contribution in [2.45, 2.75) is 25.2 Å². The summed E-state index contributed by atoms with van der Waals surface area (Å²) in [6, 6.07) is 17.9. The van der Waals surface area contributed by atoms with E-state index in [-0.39, 0.29) is 5.91 Å². The van der Waals surface area contributed by atoms with Gasteiger partial charge in [0.05, 0.1) is 5.75 Å². The van der Waals surface area contributed by atoms with Crippen LogP contribution in [0.2, 0.25) is 0 Å². The van der Waals surface area contributed by atoms with E-state index in [0.29, 0.717) is 30.6 Å². The molecule has 3 aromatic rings. The van der Waals surface area contributed by atoms with Crippen LogP contribution in [0, 0.1) is 0 Å². The number of rotatable bonds is 9. The normalized spacial score (nSPS) is 10.6. The zero-order valence-corrected chi connectivity index (χ0v) is 16.8. The molecule has 0 bridgehead atoms. The number of hydrogen-bond donors (Lipinski definition) is 0. The number of ether oxygens (including phenoxy) is 1. The van der Waals surface area contributed by atoms with Gasteiger partial charge in [0.25, 0.3) is 0 Å². The second kappa shape index (κ2) is 9.89. The van der Waals surface area contributed by atoms with Gasteiger partial charge < -0.3 is 9.64 Å². The molecule has 0 spiro atoms. The zero-order valence-electron chi connectivity index (χ0n) is 16.0. The minimum atomic E-state index is 0.0555. The molecule has 0 aliphatic rings. The average molecular weight is 398 g/mol. The van der Waals surface area contributed by atoms with E-state index in [1.54, 1.807) is 11.7 Å². The Balaban J connectivity index is 1.51. The molecule has 0 fully saturated rings. The van der Waals surface area contributed by atoms with Crippen molar-refractivity contribution in [3.8, 4) is 5.75 Å². The third-order valence-electron chi connectivity index (χ3n) is 4.19. The Bertz CT molecular complexity index is 883. The van der Waals surface area contributed by atoms with Gasteiger partial charge in [-0.2, -0.15) is 0 Å². The van der Waals surface area contributed by atoms with Crippen molar-refractivity contribution in [1.29, 1.82) is 0 Å². The lowest BCUT2D eigenvalue weighted by atomic mass is 10.2. The van der Waals surface area contributed by atoms with Crippen LogP contribution < -0.4 is 4.74 Å². The molecule has 1 amide bonds. The van der Waals surface area contributed by atoms with Gasteiger partial charge in [0.15, 0.2) is 0 Å². The van der Waals surface area contributed by atoms with E-state index in [2.05, 4.69) is 15.5 Å². The monoisotopic (exact) mass is 397 g/mol. The van der Waals surface area contributed by atoms with E-state index in [1.807, 2.05) is 66.4 Å². The molecular weight excluding hydrogens is 374 g/mol. The van der Waals surface area contributed by atoms with Crippen LogP contribution in [0.3, 0.4) is 0 Å². The predicted octanol–water partition coefficient (Wildman–Crippen LogP) is 2.93. The van der Waals surface area contributed by atoms with Crippen molar-refractivity contribution < 1.29 is 9.53 Å². The van der Waals surface area contributed by atoms with Crippen LogP contribution in [-0.2, 0) is 25.0 Å². The minimum absolute atomic E-state index is 0.0555. The van der Waals surface area contributed by atoms with Crippen molar-refractivity contribution in [3.63, 3.8) is 0 Å². The van der Waals surface area contributed by atoms with Crippen LogP contribution in [0.5, 0.6) is 5.75 Å². The summed E-state index contributed by atoms with van der Waals surface area (Å²) in [6.45, 7) is 3.71. The largest absolute Gasteiger partial charge is 0.489 e. The molecule has 1 aromatic heterocycles. The summed E-state index contributed by atoms with van der Waals surface area (Å²) >= 11 is 1.34. The molecule has 0 N–H and O–H groups in total. The number of amides is 1. The number of carbonyl (C=O) groups excluding carboxylic acids is 1. The summed E-state index contributed by atoms with van der Waals surface area (Å²) in [5.41, 5.74) is 2.19. The molecular formula is C20H23N5O2S. The smallest absolute Gasteiger partial charge is 0.233 e. The van der Waals surface area contributed by atoms with Crippen LogP contribution in [0.4, 0.5) is 0 Å². The van der Waals surface area contributed by atoms with Gasteiger partial charge in [-0.1, -0.05) is 54.2 Å². The van der Waals surface area contributed by atoms with E-state index < -0.39 is 0 Å². The van der Waals surface area contributed by atoms with Crippen LogP contribution in [0.25, 0.3) is 0 Å². The molecule has 0 atom stereocenters. The number of aromatic nitrogens is 4. The van der Waals surface area contributed by atoms with Crippen LogP contribution in [0.1, 0.15) is 18.1 Å². The standard InChI is InChI=1S/C20H23N5O2S/c1-3-25(19(26)15-28-20-21-22-23-24(20)2)13-16-9-11-18(12-10-16)27-14-17-7-5-4-6-8-17/h4-12H,3,13-15H2,1-2H3. The summed E-state index contributed by atoms with van der Waals surface area (Å²) in [5.74, 6) is 1.17. The quantitative estimate of drug-likeness (QED) is 0.517. The summed E-state index contributed by atoms with van der Waals surface area (Å²) in [6.07, 6.45) is 0. The maximum Gasteiger partial charge on any atom is 0.233 e. The summed E-state index contributed by atoms with van der Waals surface area (Å²) in [7, 11) is 1.76. The first-order chi connectivity index (χ1) is 13.7. The maximum absolute atomic E-state index is 12.5. The maximum atomic E-state index is 12.5. The first-order valence-corrected chi connectivity index (χ1v) is 10.0. The van der Waals surface area contributed by atoms with Gasteiger partial charge in [0, 0.05) is 20.1 Å². The van der Waals surface area contributed by atoms with Gasteiger partial charge >= 0.3 is 0 Å². The Labute approximate surface area is 168 Å². The molecule has 7 nitrogen and oxygen atoms in total. The predicted molar refractivity (Wildman–Crippen MR) is 108 cm³/mol. The van der Waals surface area contributed by atoms with Gasteiger partial charge in [-0.25, -0.2) is 4.68 Å². The summed E-state index contributed by atoms with van der Waals surface area (Å²) < 4.78 is 7.37. The van der Waals surface area contributed by atoms with E-state index in [1.165, 1.54) is 11.8 Å². The van der Waals surface area contributed by atoms with Crippen molar-refractivity contribution in [3.05, 3.63) is 65.7 Å². The highest BCUT2D eigenvalue weighted by Gasteiger charge is 2.14. The second-order valence-corrected chi connectivity index (χ2v) is 7.14. The Morgan fingerprint density at radius 2 is 1.86 bits per heavy atom. The highest BCUT2D eigenvalue weighted by Crippen LogP contribution is 2.17. The molecule has 0 saturated heterocycles. The van der Waals surface area contributed by atoms with Gasteiger partial charge in [0.2, 0.25) is 11.1 Å². The number of aryl methyl sites for hydroxylation is 1. The van der Waals surface area contributed by atoms with Crippen molar-refractivity contribution in [2.75, 3.05) is 12.3 Å². The number of benzene rings is 2. The van der Waals surface area contributed by atoms with E-state index in [0.717, 1.165) is 16.9 Å². The van der Waals surface area contributed by atoms with Gasteiger partial charge in [-0.05, 0) is 40.6 Å². The summed E-state index contributed by atoms with van der Waals surface area (Å²) in [4.78, 5) is 14.3. The number of thioether (sulfide) groups is 1. The van der Waals surface area contributed by atoms with Crippen LogP contribution in [0.15, 0.2) is 59.8 Å². The molecule has 0 unspecified atom stereocenters. The van der Waals surface area contributed by atoms with Crippen LogP contribution in [-0.4, -0.2) is 43.3 Å². The molecule has 28 heavy (non-hydrogen) atoms. The van der Waals surface area contributed by atoms with Gasteiger partial charge in [-0.3, -0.25) is 4.79 Å². The third-order valence-corrected chi connectivity index (χ3v) is 5.18. The van der Waals surface area contributed by atoms with E-state index >= 15 is 0 Å². The molecule has 0 aliphatic heterocycles. The molecule has 146 valence electrons. The van der Waals surface area contributed by atoms with Crippen LogP contribution >= 0.6 is 11.8 Å². The Kier molecular flexibility index (Phi) is 7.02. The molecule has 0 aliphatic carbocycles. The molecule has 0 radical (unpaired) electrons. The molecule has 3 rings (SSSR count). The minimum Gasteiger partial charge on any atom is -0.489 e. The van der Waals surface area contributed by atoms with E-state index in [9.17, 15) is 4.79 Å². The Morgan fingerprint density at radius 3 is 2.50 bits per heavy atom. The number of hydrogen-bond acceptors (Lipinski definition) is 6. The van der Waals surface area contributed by atoms with Crippen molar-refractivity contribution in [2.24, 2.45) is 7.05 Å². The number of tetrazole rings is 1. The molecule has 0 saturated carbocycles. The fourth-order valence-electron chi connectivity index (χ4n) is 2.59. The Morgan fingerprint density at radius 1 is 1.11 bits per heavy atom. The number of carbonyl (C=O) groups is 1. The van der Waals surface area contributed by atoms with Gasteiger partial charge in [-0.15, -0.1) is 5.10 Å². The Hall–Kier alpha value is -2.87. The highest BCUT2D eigenvalue weighted by atomic mass is 32.2. The van der Waals surface area contributed by atoms with Gasteiger partial charge in [0.1, 0.15) is 12.4 Å². The average Bonchev–Trinajstić information content (AvgIpc) is 3.15. The lowest BCUT2D eigenvalue weighted by Crippen LogP contribution is -2.31. The topological polar surface area (TPSA) is 73.1 Å². The molecule has 2 aromatic carbocycles. The SMILES string of the molecule is CCN(Cc1ccc(OCc2ccccc2)cc1)C(=O)CSc1nnnn1C. The van der Waals surface area contributed by atoms with Crippen molar-refractivity contribution >= 4 is 17.7 Å². The lowest BCUT2D eigenvalue weighted by molar-refractivity contribution is -0.128. The fourth-order valence-corrected chi connectivity index (χ4v) is 3.34. The van der Waals surface area contributed by atoms with E-state index in [4.69, 9.17) is 4.74 Å².